The van der Waals surface area contributed by atoms with Gasteiger partial charge < -0.3 is 29.4 Å². The highest BCUT2D eigenvalue weighted by atomic mass is 19.3. The molecule has 31 heavy (non-hydrogen) atoms. The number of halogens is 2. The molecule has 0 aromatic heterocycles. The molecule has 0 bridgehead atoms. The Morgan fingerprint density at radius 1 is 1.03 bits per heavy atom. The van der Waals surface area contributed by atoms with E-state index >= 15 is 0 Å². The zero-order valence-corrected chi connectivity index (χ0v) is 17.9. The maximum absolute atomic E-state index is 14.0. The Bertz CT molecular complexity index is 578. The molecule has 0 fully saturated rings. The number of carboxylic acid groups (broad SMARTS) is 1. The number of carbonyl (C=O) groups excluding carboxylic acids is 1. The van der Waals surface area contributed by atoms with Gasteiger partial charge >= 0.3 is 11.9 Å². The van der Waals surface area contributed by atoms with Crippen LogP contribution in [0, 0.1) is 17.8 Å². The van der Waals surface area contributed by atoms with Crippen molar-refractivity contribution < 1.29 is 42.4 Å². The lowest BCUT2D eigenvalue weighted by molar-refractivity contribution is -0.142. The first kappa shape index (κ1) is 27.2. The van der Waals surface area contributed by atoms with E-state index in [0.29, 0.717) is 58.9 Å². The van der Waals surface area contributed by atoms with E-state index in [1.54, 1.807) is 0 Å². The summed E-state index contributed by atoms with van der Waals surface area (Å²) in [6.07, 6.45) is 2.00. The maximum atomic E-state index is 14.0. The van der Waals surface area contributed by atoms with Crippen molar-refractivity contribution in [3.8, 4) is 11.8 Å². The lowest BCUT2D eigenvalue weighted by Gasteiger charge is -2.23. The Labute approximate surface area is 181 Å². The minimum atomic E-state index is -3.12. The van der Waals surface area contributed by atoms with Crippen LogP contribution in [0.3, 0.4) is 0 Å². The van der Waals surface area contributed by atoms with Crippen molar-refractivity contribution in [1.29, 1.82) is 0 Å². The van der Waals surface area contributed by atoms with Gasteiger partial charge in [-0.25, -0.2) is 0 Å². The number of rotatable bonds is 17. The third-order valence-corrected chi connectivity index (χ3v) is 4.49. The second kappa shape index (κ2) is 16.8. The molecule has 0 aromatic carbocycles. The maximum Gasteiger partial charge on any atom is 0.311 e. The van der Waals surface area contributed by atoms with Crippen LogP contribution in [0.4, 0.5) is 8.78 Å². The second-order valence-electron chi connectivity index (χ2n) is 7.07. The van der Waals surface area contributed by atoms with E-state index in [0.717, 1.165) is 6.42 Å². The number of carboxylic acids is 1. The second-order valence-corrected chi connectivity index (χ2v) is 7.07. The standard InChI is InChI=1S/C21H33F2NO7/c22-21(23)7-4-2-1-3-5-18(21)17-19(25)24-8-10-29-12-14-31-16-15-30-13-11-28-9-6-20(26)27/h18H,1-3,5-6,8-17H2,(H,24,25)(H,26,27)/p+1. The van der Waals surface area contributed by atoms with Crippen molar-refractivity contribution in [2.75, 3.05) is 59.4 Å². The Morgan fingerprint density at radius 3 is 2.42 bits per heavy atom. The summed E-state index contributed by atoms with van der Waals surface area (Å²) in [7, 11) is 0. The van der Waals surface area contributed by atoms with Crippen molar-refractivity contribution in [3.05, 3.63) is 0 Å². The predicted molar refractivity (Wildman–Crippen MR) is 109 cm³/mol. The monoisotopic (exact) mass is 450 g/mol. The number of nitrogens with one attached hydrogen (secondary N) is 1. The van der Waals surface area contributed by atoms with Crippen molar-refractivity contribution in [1.82, 2.24) is 5.32 Å². The predicted octanol–water partition coefficient (Wildman–Crippen LogP) is 1.37. The molecule has 1 aliphatic rings. The van der Waals surface area contributed by atoms with E-state index in [9.17, 15) is 18.4 Å². The Kier molecular flexibility index (Phi) is 14.8. The molecule has 8 nitrogen and oxygen atoms in total. The first-order valence-electron chi connectivity index (χ1n) is 10.6. The van der Waals surface area contributed by atoms with Gasteiger partial charge in [0, 0.05) is 25.3 Å². The van der Waals surface area contributed by atoms with Gasteiger partial charge in [0.2, 0.25) is 5.91 Å². The molecule has 10 heteroatoms. The van der Waals surface area contributed by atoms with Crippen LogP contribution in [-0.2, 0) is 23.8 Å². The molecular weight excluding hydrogens is 416 g/mol. The third-order valence-electron chi connectivity index (χ3n) is 4.49. The number of hydrogen-bond acceptors (Lipinski definition) is 5. The molecule has 178 valence electrons. The fourth-order valence-corrected chi connectivity index (χ4v) is 2.81. The lowest BCUT2D eigenvalue weighted by Crippen LogP contribution is -2.35. The summed E-state index contributed by atoms with van der Waals surface area (Å²) in [6, 6.07) is 0. The van der Waals surface area contributed by atoms with E-state index < -0.39 is 23.7 Å². The van der Waals surface area contributed by atoms with E-state index in [1.807, 2.05) is 5.92 Å². The van der Waals surface area contributed by atoms with Crippen molar-refractivity contribution in [2.45, 2.75) is 44.4 Å². The number of amides is 1. The topological polar surface area (TPSA) is 107 Å². The number of aliphatic carboxylic acids is 1. The summed E-state index contributed by atoms with van der Waals surface area (Å²) in [5.41, 5.74) is 0. The summed E-state index contributed by atoms with van der Waals surface area (Å²) >= 11 is 0. The fraction of sp³-hybridized carbons (Fsp3) is 0.810. The number of ether oxygens (including phenoxy) is 4. The van der Waals surface area contributed by atoms with Gasteiger partial charge in [0.05, 0.1) is 33.0 Å². The zero-order chi connectivity index (χ0) is 22.8. The van der Waals surface area contributed by atoms with Gasteiger partial charge in [0.1, 0.15) is 13.0 Å². The average molecular weight is 450 g/mol. The minimum absolute atomic E-state index is 0.0262. The SMILES string of the molecule is O=C(O)CC[OH+]CCOCCOCCOCCNC(=O)CC1CCCCC#CC1(F)F. The van der Waals surface area contributed by atoms with E-state index in [1.165, 1.54) is 0 Å². The van der Waals surface area contributed by atoms with Gasteiger partial charge in [-0.2, -0.15) is 8.78 Å². The van der Waals surface area contributed by atoms with Crippen LogP contribution in [0.2, 0.25) is 0 Å². The summed E-state index contributed by atoms with van der Waals surface area (Å²) < 4.78 is 47.9. The smallest absolute Gasteiger partial charge is 0.311 e. The molecule has 0 aromatic rings. The molecule has 3 N–H and O–H groups in total. The van der Waals surface area contributed by atoms with Gasteiger partial charge in [-0.1, -0.05) is 12.3 Å². The molecule has 1 unspecified atom stereocenters. The van der Waals surface area contributed by atoms with Crippen LogP contribution >= 0.6 is 0 Å². The van der Waals surface area contributed by atoms with Crippen LogP contribution in [0.1, 0.15) is 38.5 Å². The Hall–Kier alpha value is -1.80. The Balaban J connectivity index is 1.92. The van der Waals surface area contributed by atoms with Gasteiger partial charge in [-0.05, 0) is 18.8 Å². The van der Waals surface area contributed by atoms with Crippen molar-refractivity contribution >= 4 is 11.9 Å². The number of carbonyl (C=O) groups is 2. The normalized spacial score (nSPS) is 17.8. The number of hydrogen-bond donors (Lipinski definition) is 2. The lowest BCUT2D eigenvalue weighted by atomic mass is 9.89. The molecule has 0 saturated carbocycles. The van der Waals surface area contributed by atoms with Crippen LogP contribution in [0.5, 0.6) is 0 Å². The van der Waals surface area contributed by atoms with Crippen LogP contribution in [0.15, 0.2) is 0 Å². The molecule has 0 spiro atoms. The van der Waals surface area contributed by atoms with E-state index in [2.05, 4.69) is 16.0 Å². The molecule has 1 rings (SSSR count). The van der Waals surface area contributed by atoms with Gasteiger partial charge in [-0.3, -0.25) is 9.59 Å². The van der Waals surface area contributed by atoms with Crippen LogP contribution < -0.4 is 5.32 Å². The van der Waals surface area contributed by atoms with Gasteiger partial charge in [0.15, 0.2) is 13.2 Å². The summed E-state index contributed by atoms with van der Waals surface area (Å²) in [5.74, 6) is -0.959. The van der Waals surface area contributed by atoms with Crippen LogP contribution in [-0.4, -0.2) is 87.0 Å². The van der Waals surface area contributed by atoms with E-state index in [4.69, 9.17) is 19.3 Å². The molecule has 0 saturated heterocycles. The number of aliphatic hydroxyl groups is 2. The fourth-order valence-electron chi connectivity index (χ4n) is 2.81. The summed E-state index contributed by atoms with van der Waals surface area (Å²) in [6.45, 7) is 3.18. The highest BCUT2D eigenvalue weighted by Gasteiger charge is 2.38. The first-order valence-corrected chi connectivity index (χ1v) is 10.6. The third kappa shape index (κ3) is 14.8. The number of alkyl halides is 2. The molecule has 1 atom stereocenters. The van der Waals surface area contributed by atoms with Crippen LogP contribution in [0.25, 0.3) is 0 Å². The van der Waals surface area contributed by atoms with Gasteiger partial charge in [0.25, 0.3) is 0 Å². The molecule has 1 aliphatic carbocycles. The Morgan fingerprint density at radius 2 is 1.71 bits per heavy atom. The molecular formula is C21H34F2NO7+. The molecule has 0 radical (unpaired) electrons. The molecule has 0 heterocycles. The summed E-state index contributed by atoms with van der Waals surface area (Å²) in [4.78, 5) is 22.2. The quantitative estimate of drug-likeness (QED) is 0.197. The highest BCUT2D eigenvalue weighted by molar-refractivity contribution is 5.76. The van der Waals surface area contributed by atoms with E-state index in [-0.39, 0.29) is 32.6 Å². The summed E-state index contributed by atoms with van der Waals surface area (Å²) in [5, 5.41) is 11.1. The zero-order valence-electron chi connectivity index (χ0n) is 17.9. The minimum Gasteiger partial charge on any atom is -0.481 e. The largest absolute Gasteiger partial charge is 0.481 e. The molecule has 0 aliphatic heterocycles. The molecule has 1 amide bonds. The van der Waals surface area contributed by atoms with Crippen molar-refractivity contribution in [2.24, 2.45) is 5.92 Å². The average Bonchev–Trinajstić information content (AvgIpc) is 2.71. The van der Waals surface area contributed by atoms with Gasteiger partial charge in [-0.15, -0.1) is 0 Å². The van der Waals surface area contributed by atoms with Crippen molar-refractivity contribution in [3.63, 3.8) is 0 Å². The highest BCUT2D eigenvalue weighted by Crippen LogP contribution is 2.32. The first-order chi connectivity index (χ1) is 14.9.